The van der Waals surface area contributed by atoms with E-state index in [1.165, 1.54) is 0 Å². The van der Waals surface area contributed by atoms with Crippen LogP contribution in [0.1, 0.15) is 142 Å². The number of carbonyl (C=O) groups is 3. The highest BCUT2D eigenvalue weighted by molar-refractivity contribution is 5.76. The van der Waals surface area contributed by atoms with Crippen LogP contribution in [0.5, 0.6) is 0 Å². The second kappa shape index (κ2) is 30.2. The molecule has 0 rings (SSSR count). The van der Waals surface area contributed by atoms with E-state index in [0.29, 0.717) is 45.2 Å². The Morgan fingerprint density at radius 2 is 0.820 bits per heavy atom. The van der Waals surface area contributed by atoms with E-state index in [1.54, 1.807) is 13.8 Å². The van der Waals surface area contributed by atoms with Gasteiger partial charge < -0.3 is 19.3 Å². The summed E-state index contributed by atoms with van der Waals surface area (Å²) in [6.45, 7) is 5.37. The Morgan fingerprint density at radius 3 is 1.16 bits per heavy atom. The summed E-state index contributed by atoms with van der Waals surface area (Å²) in [6.07, 6.45) is -12.4. The van der Waals surface area contributed by atoms with Crippen LogP contribution in [-0.2, 0) is 23.9 Å². The monoisotopic (exact) mass is 906 g/mol. The first-order valence-corrected chi connectivity index (χ1v) is 21.2. The van der Waals surface area contributed by atoms with Crippen LogP contribution >= 0.6 is 0 Å². The van der Waals surface area contributed by atoms with Crippen molar-refractivity contribution in [2.75, 3.05) is 46.9 Å². The number of nitrogens with zero attached hydrogens (tertiary/aromatic N) is 2. The maximum atomic E-state index is 13.0. The number of ether oxygens (including phenoxy) is 2. The molecule has 0 aromatic heterocycles. The van der Waals surface area contributed by atoms with Gasteiger partial charge >= 0.3 is 36.6 Å². The number of unbranched alkanes of at least 4 members (excludes halogenated alkanes) is 8. The van der Waals surface area contributed by atoms with Crippen LogP contribution < -0.4 is 0 Å². The summed E-state index contributed by atoms with van der Waals surface area (Å²) >= 11 is 0. The van der Waals surface area contributed by atoms with E-state index >= 15 is 0 Å². The normalized spacial score (nSPS) is 13.5. The molecule has 0 aliphatic heterocycles. The molecule has 7 nitrogen and oxygen atoms in total. The predicted molar refractivity (Wildman–Crippen MR) is 208 cm³/mol. The maximum Gasteiger partial charge on any atom is 0.420 e. The standard InChI is InChI=1S/C42H66F12N2O5/c1-32(18-15-20-34(39(43,44)45)40(46,47)48)25-30-60-37(58)23-11-7-5-9-13-28-56(36(57)22-17-27-55(3)4)29-14-10-6-8-12-24-38(59)61-31-26-33(2)19-16-21-35(41(49,50)51)42(52,53)54/h20-21,32-33H,5-19,22-31H2,1-4H3. The summed E-state index contributed by atoms with van der Waals surface area (Å²) in [5.74, 6) is -1.25. The van der Waals surface area contributed by atoms with Crippen LogP contribution in [0.2, 0.25) is 0 Å². The largest absolute Gasteiger partial charge is 0.466 e. The van der Waals surface area contributed by atoms with Gasteiger partial charge in [0.15, 0.2) is 0 Å². The Kier molecular flexibility index (Phi) is 28.7. The smallest absolute Gasteiger partial charge is 0.420 e. The van der Waals surface area contributed by atoms with Crippen molar-refractivity contribution in [3.8, 4) is 0 Å². The van der Waals surface area contributed by atoms with Gasteiger partial charge in [-0.25, -0.2) is 0 Å². The third-order valence-corrected chi connectivity index (χ3v) is 9.95. The number of hydrogen-bond acceptors (Lipinski definition) is 6. The molecule has 2 atom stereocenters. The van der Waals surface area contributed by atoms with Gasteiger partial charge in [-0.3, -0.25) is 14.4 Å². The van der Waals surface area contributed by atoms with Gasteiger partial charge in [0.05, 0.1) is 13.2 Å². The second-order valence-electron chi connectivity index (χ2n) is 15.9. The molecule has 0 saturated heterocycles. The summed E-state index contributed by atoms with van der Waals surface area (Å²) in [4.78, 5) is 41.1. The average molecular weight is 907 g/mol. The summed E-state index contributed by atoms with van der Waals surface area (Å²) in [5.41, 5.74) is -5.04. The maximum absolute atomic E-state index is 13.0. The van der Waals surface area contributed by atoms with Crippen molar-refractivity contribution >= 4 is 17.8 Å². The van der Waals surface area contributed by atoms with Crippen molar-refractivity contribution in [3.05, 3.63) is 23.3 Å². The molecule has 0 aromatic rings. The fraction of sp³-hybridized carbons (Fsp3) is 0.833. The Hall–Kier alpha value is -2.99. The van der Waals surface area contributed by atoms with Crippen molar-refractivity contribution in [3.63, 3.8) is 0 Å². The number of allylic oxidation sites excluding steroid dienone is 4. The van der Waals surface area contributed by atoms with E-state index in [4.69, 9.17) is 9.47 Å². The molecule has 0 aromatic carbocycles. The van der Waals surface area contributed by atoms with Gasteiger partial charge in [-0.15, -0.1) is 0 Å². The molecule has 358 valence electrons. The quantitative estimate of drug-likeness (QED) is 0.0290. The third-order valence-electron chi connectivity index (χ3n) is 9.95. The van der Waals surface area contributed by atoms with Crippen LogP contribution in [0.25, 0.3) is 0 Å². The Morgan fingerprint density at radius 1 is 0.475 bits per heavy atom. The molecule has 2 unspecified atom stereocenters. The van der Waals surface area contributed by atoms with Gasteiger partial charge in [-0.2, -0.15) is 52.7 Å². The fourth-order valence-electron chi connectivity index (χ4n) is 6.26. The van der Waals surface area contributed by atoms with Crippen LogP contribution in [0.15, 0.2) is 23.3 Å². The van der Waals surface area contributed by atoms with E-state index in [0.717, 1.165) is 64.3 Å². The van der Waals surface area contributed by atoms with Gasteiger partial charge in [-0.05, 0) is 103 Å². The predicted octanol–water partition coefficient (Wildman–Crippen LogP) is 12.6. The van der Waals surface area contributed by atoms with Crippen LogP contribution in [0.4, 0.5) is 52.7 Å². The molecule has 0 fully saturated rings. The molecule has 19 heteroatoms. The van der Waals surface area contributed by atoms with Crippen LogP contribution in [-0.4, -0.2) is 99.3 Å². The summed E-state index contributed by atoms with van der Waals surface area (Å²) < 4.78 is 162. The van der Waals surface area contributed by atoms with E-state index in [-0.39, 0.29) is 68.8 Å². The summed E-state index contributed by atoms with van der Waals surface area (Å²) in [6, 6.07) is 0. The molecular formula is C42H66F12N2O5. The molecule has 0 heterocycles. The van der Waals surface area contributed by atoms with Gasteiger partial charge in [0.1, 0.15) is 11.1 Å². The Labute approximate surface area is 353 Å². The number of carbonyl (C=O) groups excluding carboxylic acids is 3. The highest BCUT2D eigenvalue weighted by Crippen LogP contribution is 2.40. The topological polar surface area (TPSA) is 76.1 Å². The lowest BCUT2D eigenvalue weighted by Gasteiger charge is -2.23. The first kappa shape index (κ1) is 58.0. The molecule has 61 heavy (non-hydrogen) atoms. The molecule has 0 aliphatic rings. The van der Waals surface area contributed by atoms with Crippen molar-refractivity contribution in [2.24, 2.45) is 11.8 Å². The van der Waals surface area contributed by atoms with Crippen LogP contribution in [0.3, 0.4) is 0 Å². The Bertz CT molecular complexity index is 1180. The molecule has 1 amide bonds. The molecule has 0 aliphatic carbocycles. The number of alkyl halides is 12. The van der Waals surface area contributed by atoms with Crippen molar-refractivity contribution in [1.82, 2.24) is 9.80 Å². The lowest BCUT2D eigenvalue weighted by molar-refractivity contribution is -0.173. The fourth-order valence-corrected chi connectivity index (χ4v) is 6.26. The number of esters is 2. The van der Waals surface area contributed by atoms with E-state index < -0.39 is 60.6 Å². The van der Waals surface area contributed by atoms with Gasteiger partial charge in [0.25, 0.3) is 0 Å². The summed E-state index contributed by atoms with van der Waals surface area (Å²) in [7, 11) is 3.87. The number of amides is 1. The number of rotatable bonds is 32. The molecule has 0 spiro atoms. The highest BCUT2D eigenvalue weighted by Gasteiger charge is 2.51. The molecule has 0 bridgehead atoms. The minimum atomic E-state index is -5.48. The minimum Gasteiger partial charge on any atom is -0.466 e. The lowest BCUT2D eigenvalue weighted by atomic mass is 10.0. The van der Waals surface area contributed by atoms with E-state index in [9.17, 15) is 67.1 Å². The molecule has 0 N–H and O–H groups in total. The van der Waals surface area contributed by atoms with Gasteiger partial charge in [0, 0.05) is 32.4 Å². The lowest BCUT2D eigenvalue weighted by Crippen LogP contribution is -2.33. The number of hydrogen-bond donors (Lipinski definition) is 0. The Balaban J connectivity index is 4.36. The highest BCUT2D eigenvalue weighted by atomic mass is 19.4. The number of halogens is 12. The van der Waals surface area contributed by atoms with Crippen molar-refractivity contribution in [2.45, 2.75) is 167 Å². The SMILES string of the molecule is CC(CCC=C(C(F)(F)F)C(F)(F)F)CCOC(=O)CCCCCCCN(CCCCCCCC(=O)OCCC(C)CCC=C(C(F)(F)F)C(F)(F)F)C(=O)CCCN(C)C. The van der Waals surface area contributed by atoms with Gasteiger partial charge in [0.2, 0.25) is 5.91 Å². The van der Waals surface area contributed by atoms with E-state index in [2.05, 4.69) is 0 Å². The molecule has 0 radical (unpaired) electrons. The van der Waals surface area contributed by atoms with E-state index in [1.807, 2.05) is 23.9 Å². The van der Waals surface area contributed by atoms with Crippen LogP contribution in [0, 0.1) is 11.8 Å². The summed E-state index contributed by atoms with van der Waals surface area (Å²) in [5, 5.41) is 0. The third kappa shape index (κ3) is 30.7. The zero-order valence-corrected chi connectivity index (χ0v) is 36.0. The molecule has 0 saturated carbocycles. The van der Waals surface area contributed by atoms with Crippen molar-refractivity contribution < 1.29 is 76.5 Å². The van der Waals surface area contributed by atoms with Gasteiger partial charge in [-0.1, -0.05) is 64.5 Å². The van der Waals surface area contributed by atoms with Crippen molar-refractivity contribution in [1.29, 1.82) is 0 Å². The first-order valence-electron chi connectivity index (χ1n) is 21.2. The second-order valence-corrected chi connectivity index (χ2v) is 15.9. The molecular weight excluding hydrogens is 840 g/mol. The zero-order chi connectivity index (χ0) is 46.7. The average Bonchev–Trinajstić information content (AvgIpc) is 3.11. The zero-order valence-electron chi connectivity index (χ0n) is 36.0. The minimum absolute atomic E-state index is 0.0243. The first-order chi connectivity index (χ1) is 28.2.